The summed E-state index contributed by atoms with van der Waals surface area (Å²) in [7, 11) is -4.14. The Kier molecular flexibility index (Phi) is 11.8. The van der Waals surface area contributed by atoms with Crippen LogP contribution < -0.4 is 34.3 Å². The monoisotopic (exact) mass is 403 g/mol. The van der Waals surface area contributed by atoms with Crippen LogP contribution in [0.15, 0.2) is 24.3 Å². The van der Waals surface area contributed by atoms with E-state index in [1.807, 2.05) is 24.3 Å². The van der Waals surface area contributed by atoms with Crippen molar-refractivity contribution in [1.29, 1.82) is 5.26 Å². The molecule has 1 aromatic carbocycles. The molecule has 0 aromatic heterocycles. The summed E-state index contributed by atoms with van der Waals surface area (Å²) in [6, 6.07) is 10.2. The van der Waals surface area contributed by atoms with Crippen molar-refractivity contribution in [2.75, 3.05) is 12.4 Å². The summed E-state index contributed by atoms with van der Waals surface area (Å²) in [6.45, 7) is 8.99. The maximum Gasteiger partial charge on any atom is 1.00 e. The van der Waals surface area contributed by atoms with E-state index in [1.165, 1.54) is 0 Å². The van der Waals surface area contributed by atoms with Gasteiger partial charge in [-0.25, -0.2) is 8.42 Å². The van der Waals surface area contributed by atoms with Crippen molar-refractivity contribution in [2.45, 2.75) is 59.3 Å². The van der Waals surface area contributed by atoms with Gasteiger partial charge in [0.2, 0.25) is 0 Å². The summed E-state index contributed by atoms with van der Waals surface area (Å²) in [5, 5.41) is 9.56. The van der Waals surface area contributed by atoms with E-state index < -0.39 is 10.1 Å². The van der Waals surface area contributed by atoms with Crippen LogP contribution >= 0.6 is 0 Å². The van der Waals surface area contributed by atoms with Crippen molar-refractivity contribution in [3.05, 3.63) is 29.8 Å². The molecule has 146 valence electrons. The van der Waals surface area contributed by atoms with E-state index in [0.717, 1.165) is 18.4 Å². The van der Waals surface area contributed by atoms with E-state index in [4.69, 9.17) is 4.74 Å². The van der Waals surface area contributed by atoms with Crippen molar-refractivity contribution in [3.8, 4) is 11.8 Å². The Hall–Kier alpha value is -0.580. The summed E-state index contributed by atoms with van der Waals surface area (Å²) in [5.41, 5.74) is 1.25. The number of hydrogen-bond acceptors (Lipinski definition) is 5. The third kappa shape index (κ3) is 10.5. The number of unbranched alkanes of at least 4 members (excludes halogenated alkanes) is 1. The van der Waals surface area contributed by atoms with Gasteiger partial charge >= 0.3 is 29.6 Å². The molecule has 0 heterocycles. The topological polar surface area (TPSA) is 90.2 Å². The van der Waals surface area contributed by atoms with E-state index in [0.29, 0.717) is 25.2 Å². The molecule has 1 aromatic rings. The molecule has 0 aliphatic rings. The number of hydrogen-bond donors (Lipinski definition) is 0. The van der Waals surface area contributed by atoms with Gasteiger partial charge in [-0.2, -0.15) is 5.26 Å². The van der Waals surface area contributed by atoms with Gasteiger partial charge < -0.3 is 9.29 Å². The van der Waals surface area contributed by atoms with Crippen LogP contribution in [-0.2, 0) is 10.1 Å². The minimum atomic E-state index is -4.14. The van der Waals surface area contributed by atoms with Crippen LogP contribution in [0.25, 0.3) is 0 Å². The van der Waals surface area contributed by atoms with E-state index >= 15 is 0 Å². The second-order valence-corrected chi connectivity index (χ2v) is 9.16. The fraction of sp³-hybridized carbons (Fsp3) is 0.650. The first-order valence-electron chi connectivity index (χ1n) is 9.14. The summed E-state index contributed by atoms with van der Waals surface area (Å²) in [6.07, 6.45) is 2.72. The van der Waals surface area contributed by atoms with Gasteiger partial charge in [0.15, 0.2) is 0 Å². The van der Waals surface area contributed by atoms with Crippen LogP contribution in [-0.4, -0.2) is 25.3 Å². The fourth-order valence-corrected chi connectivity index (χ4v) is 3.30. The van der Waals surface area contributed by atoms with Gasteiger partial charge in [-0.05, 0) is 48.3 Å². The van der Waals surface area contributed by atoms with Gasteiger partial charge in [-0.15, -0.1) is 0 Å². The van der Waals surface area contributed by atoms with Gasteiger partial charge in [-0.1, -0.05) is 46.2 Å². The Morgan fingerprint density at radius 1 is 1.22 bits per heavy atom. The zero-order valence-electron chi connectivity index (χ0n) is 17.2. The largest absolute Gasteiger partial charge is 1.00 e. The molecule has 0 saturated carbocycles. The summed E-state index contributed by atoms with van der Waals surface area (Å²) in [4.78, 5) is 0. The number of benzene rings is 1. The van der Waals surface area contributed by atoms with Crippen LogP contribution in [0.3, 0.4) is 0 Å². The van der Waals surface area contributed by atoms with E-state index in [2.05, 4.69) is 33.8 Å². The van der Waals surface area contributed by atoms with E-state index in [1.54, 1.807) is 0 Å². The third-order valence-electron chi connectivity index (χ3n) is 4.96. The van der Waals surface area contributed by atoms with Crippen LogP contribution in [0, 0.1) is 22.7 Å². The molecule has 0 spiro atoms. The first-order valence-corrected chi connectivity index (χ1v) is 10.7. The average Bonchev–Trinajstić information content (AvgIpc) is 2.58. The molecule has 0 aliphatic carbocycles. The molecule has 2 atom stereocenters. The van der Waals surface area contributed by atoms with Gasteiger partial charge in [0.1, 0.15) is 5.75 Å². The van der Waals surface area contributed by atoms with Crippen LogP contribution in [0.1, 0.15) is 64.9 Å². The number of rotatable bonds is 11. The molecule has 0 N–H and O–H groups in total. The third-order valence-corrected chi connectivity index (χ3v) is 5.75. The van der Waals surface area contributed by atoms with Crippen molar-refractivity contribution < 1.29 is 47.3 Å². The van der Waals surface area contributed by atoms with Crippen molar-refractivity contribution in [1.82, 2.24) is 0 Å². The molecule has 0 saturated heterocycles. The van der Waals surface area contributed by atoms with Gasteiger partial charge in [0.25, 0.3) is 0 Å². The van der Waals surface area contributed by atoms with Gasteiger partial charge in [0, 0.05) is 5.75 Å². The Balaban J connectivity index is 0.00000676. The van der Waals surface area contributed by atoms with Gasteiger partial charge in [0.05, 0.1) is 28.7 Å². The smallest absolute Gasteiger partial charge is 0.748 e. The molecule has 5 nitrogen and oxygen atoms in total. The molecule has 1 rings (SSSR count). The Labute approximate surface area is 186 Å². The zero-order valence-corrected chi connectivity index (χ0v) is 20.0. The summed E-state index contributed by atoms with van der Waals surface area (Å²) < 4.78 is 37.2. The molecule has 0 bridgehead atoms. The maximum atomic E-state index is 10.5. The Bertz CT molecular complexity index is 696. The van der Waals surface area contributed by atoms with Crippen LogP contribution in [0.5, 0.6) is 5.75 Å². The minimum Gasteiger partial charge on any atom is -0.748 e. The zero-order chi connectivity index (χ0) is 19.8. The molecule has 7 heteroatoms. The van der Waals surface area contributed by atoms with Crippen molar-refractivity contribution in [3.63, 3.8) is 0 Å². The first kappa shape index (κ1) is 26.4. The SMILES string of the molecule is CCC(C)(C)CC(C#N)C(C)c1ccc(OCCCCS(=O)(=O)[O-])cc1.[Na+]. The maximum absolute atomic E-state index is 10.5. The minimum absolute atomic E-state index is 0. The molecule has 2 unspecified atom stereocenters. The quantitative estimate of drug-likeness (QED) is 0.317. The standard InChI is InChI=1S/C20H31NO4S.Na/c1-5-20(3,4)14-18(15-21)16(2)17-8-10-19(11-9-17)25-12-6-7-13-26(22,23)24;/h8-11,16,18H,5-7,12-14H2,1-4H3,(H,22,23,24);/q;+1/p-1. The van der Waals surface area contributed by atoms with Crippen molar-refractivity contribution in [2.24, 2.45) is 11.3 Å². The molecule has 0 aliphatic heterocycles. The summed E-state index contributed by atoms with van der Waals surface area (Å²) >= 11 is 0. The fourth-order valence-electron chi connectivity index (χ4n) is 2.74. The molecular weight excluding hydrogens is 373 g/mol. The molecule has 0 fully saturated rings. The van der Waals surface area contributed by atoms with E-state index in [9.17, 15) is 18.2 Å². The molecule has 0 amide bonds. The Morgan fingerprint density at radius 3 is 2.30 bits per heavy atom. The second-order valence-electron chi connectivity index (χ2n) is 7.63. The van der Waals surface area contributed by atoms with Gasteiger partial charge in [-0.3, -0.25) is 0 Å². The van der Waals surface area contributed by atoms with Crippen LogP contribution in [0.4, 0.5) is 0 Å². The number of nitriles is 1. The number of nitrogens with zero attached hydrogens (tertiary/aromatic N) is 1. The molecule has 27 heavy (non-hydrogen) atoms. The molecular formula is C20H30NNaO4S. The first-order chi connectivity index (χ1) is 12.1. The average molecular weight is 404 g/mol. The number of ether oxygens (including phenoxy) is 1. The normalized spacial score (nSPS) is 13.9. The predicted molar refractivity (Wildman–Crippen MR) is 102 cm³/mol. The molecule has 0 radical (unpaired) electrons. The van der Waals surface area contributed by atoms with E-state index in [-0.39, 0.29) is 52.6 Å². The Morgan fingerprint density at radius 2 is 1.81 bits per heavy atom. The van der Waals surface area contributed by atoms with Crippen molar-refractivity contribution >= 4 is 10.1 Å². The summed E-state index contributed by atoms with van der Waals surface area (Å²) in [5.74, 6) is 0.456. The van der Waals surface area contributed by atoms with Crippen LogP contribution in [0.2, 0.25) is 0 Å². The second kappa shape index (κ2) is 12.1. The predicted octanol–water partition coefficient (Wildman–Crippen LogP) is 1.46.